The minimum Gasteiger partial charge on any atom is -0.467 e. The maximum absolute atomic E-state index is 12.7. The molecule has 3 rings (SSSR count). The molecule has 0 saturated carbocycles. The number of rotatable bonds is 9. The molecule has 0 radical (unpaired) electrons. The van der Waals surface area contributed by atoms with E-state index in [1.807, 2.05) is 11.8 Å². The highest BCUT2D eigenvalue weighted by Crippen LogP contribution is 2.31. The quantitative estimate of drug-likeness (QED) is 0.414. The Kier molecular flexibility index (Phi) is 8.08. The van der Waals surface area contributed by atoms with Crippen molar-refractivity contribution in [2.24, 2.45) is 4.99 Å². The first-order valence-corrected chi connectivity index (χ1v) is 10.2. The number of carbonyl (C=O) groups excluding carboxylic acids is 1. The van der Waals surface area contributed by atoms with E-state index in [0.717, 1.165) is 6.42 Å². The lowest BCUT2D eigenvalue weighted by atomic mass is 10.2. The number of nitrogens with one attached hydrogen (secondary N) is 3. The van der Waals surface area contributed by atoms with E-state index in [0.29, 0.717) is 43.6 Å². The molecule has 2 heterocycles. The summed E-state index contributed by atoms with van der Waals surface area (Å²) in [7, 11) is 0. The summed E-state index contributed by atoms with van der Waals surface area (Å²) in [6.07, 6.45) is 2.34. The van der Waals surface area contributed by atoms with Crippen LogP contribution in [-0.2, 0) is 11.3 Å². The SMILES string of the molecule is CCNC(=NCC(=O)NCc1ccco1)NC1CCN(c2ccccc2OC(F)F)C1. The van der Waals surface area contributed by atoms with Gasteiger partial charge in [0.15, 0.2) is 5.96 Å². The Morgan fingerprint density at radius 2 is 2.13 bits per heavy atom. The molecule has 1 aromatic carbocycles. The van der Waals surface area contributed by atoms with Crippen LogP contribution in [0.15, 0.2) is 52.1 Å². The third-order valence-corrected chi connectivity index (χ3v) is 4.72. The van der Waals surface area contributed by atoms with Crippen LogP contribution in [0.25, 0.3) is 0 Å². The Labute approximate surface area is 179 Å². The predicted molar refractivity (Wildman–Crippen MR) is 113 cm³/mol. The van der Waals surface area contributed by atoms with Crippen molar-refractivity contribution in [1.82, 2.24) is 16.0 Å². The first-order chi connectivity index (χ1) is 15.0. The number of aliphatic imine (C=N–C) groups is 1. The van der Waals surface area contributed by atoms with Gasteiger partial charge in [-0.15, -0.1) is 0 Å². The van der Waals surface area contributed by atoms with Crippen LogP contribution in [0.2, 0.25) is 0 Å². The maximum atomic E-state index is 12.7. The Hall–Kier alpha value is -3.30. The van der Waals surface area contributed by atoms with Gasteiger partial charge in [0, 0.05) is 25.7 Å². The molecule has 2 aromatic rings. The number of halogens is 2. The molecular formula is C21H27F2N5O3. The van der Waals surface area contributed by atoms with Gasteiger partial charge >= 0.3 is 6.61 Å². The van der Waals surface area contributed by atoms with Crippen LogP contribution < -0.4 is 25.6 Å². The van der Waals surface area contributed by atoms with Gasteiger partial charge in [-0.2, -0.15) is 8.78 Å². The van der Waals surface area contributed by atoms with E-state index in [4.69, 9.17) is 4.42 Å². The number of hydrogen-bond donors (Lipinski definition) is 3. The van der Waals surface area contributed by atoms with E-state index in [9.17, 15) is 13.6 Å². The van der Waals surface area contributed by atoms with Crippen molar-refractivity contribution in [2.75, 3.05) is 31.1 Å². The van der Waals surface area contributed by atoms with Crippen molar-refractivity contribution in [3.8, 4) is 5.75 Å². The van der Waals surface area contributed by atoms with E-state index >= 15 is 0 Å². The molecule has 0 bridgehead atoms. The zero-order valence-corrected chi connectivity index (χ0v) is 17.3. The lowest BCUT2D eigenvalue weighted by Crippen LogP contribution is -2.45. The molecule has 1 aliphatic rings. The number of benzene rings is 1. The Balaban J connectivity index is 1.53. The maximum Gasteiger partial charge on any atom is 0.387 e. The molecule has 1 amide bonds. The average molecular weight is 435 g/mol. The topological polar surface area (TPSA) is 91.1 Å². The fourth-order valence-electron chi connectivity index (χ4n) is 3.33. The van der Waals surface area contributed by atoms with E-state index in [-0.39, 0.29) is 24.2 Å². The number of nitrogens with zero attached hydrogens (tertiary/aromatic N) is 2. The van der Waals surface area contributed by atoms with Gasteiger partial charge in [0.2, 0.25) is 5.91 Å². The molecule has 168 valence electrons. The summed E-state index contributed by atoms with van der Waals surface area (Å²) in [5, 5.41) is 9.18. The molecule has 0 spiro atoms. The van der Waals surface area contributed by atoms with Gasteiger partial charge in [0.05, 0.1) is 18.5 Å². The molecular weight excluding hydrogens is 408 g/mol. The van der Waals surface area contributed by atoms with Crippen LogP contribution in [0, 0.1) is 0 Å². The number of furan rings is 1. The second-order valence-electron chi connectivity index (χ2n) is 6.97. The fraction of sp³-hybridized carbons (Fsp3) is 0.429. The fourth-order valence-corrected chi connectivity index (χ4v) is 3.33. The van der Waals surface area contributed by atoms with Crippen LogP contribution in [-0.4, -0.2) is 50.7 Å². The molecule has 1 atom stereocenters. The Morgan fingerprint density at radius 3 is 2.87 bits per heavy atom. The van der Waals surface area contributed by atoms with Gasteiger partial charge in [0.25, 0.3) is 0 Å². The van der Waals surface area contributed by atoms with E-state index in [1.54, 1.807) is 36.6 Å². The van der Waals surface area contributed by atoms with Crippen LogP contribution in [0.1, 0.15) is 19.1 Å². The van der Waals surface area contributed by atoms with Crippen molar-refractivity contribution in [3.05, 3.63) is 48.4 Å². The molecule has 1 unspecified atom stereocenters. The van der Waals surface area contributed by atoms with Gasteiger partial charge in [-0.3, -0.25) is 4.79 Å². The summed E-state index contributed by atoms with van der Waals surface area (Å²) in [5.41, 5.74) is 0.631. The van der Waals surface area contributed by atoms with Crippen molar-refractivity contribution >= 4 is 17.6 Å². The Bertz CT molecular complexity index is 860. The van der Waals surface area contributed by atoms with Crippen LogP contribution >= 0.6 is 0 Å². The highest BCUT2D eigenvalue weighted by atomic mass is 19.3. The molecule has 1 saturated heterocycles. The second kappa shape index (κ2) is 11.2. The summed E-state index contributed by atoms with van der Waals surface area (Å²) >= 11 is 0. The van der Waals surface area contributed by atoms with E-state index in [1.165, 1.54) is 6.07 Å². The molecule has 31 heavy (non-hydrogen) atoms. The molecule has 0 aliphatic carbocycles. The molecule has 3 N–H and O–H groups in total. The van der Waals surface area contributed by atoms with Gasteiger partial charge in [0.1, 0.15) is 18.1 Å². The summed E-state index contributed by atoms with van der Waals surface area (Å²) in [6, 6.07) is 10.4. The van der Waals surface area contributed by atoms with Crippen molar-refractivity contribution in [3.63, 3.8) is 0 Å². The molecule has 8 nitrogen and oxygen atoms in total. The van der Waals surface area contributed by atoms with Crippen LogP contribution in [0.4, 0.5) is 14.5 Å². The summed E-state index contributed by atoms with van der Waals surface area (Å²) in [6.45, 7) is 1.27. The standard InChI is InChI=1S/C21H27F2N5O3/c1-2-24-21(26-13-19(29)25-12-16-6-5-11-30-16)27-15-9-10-28(14-15)17-7-3-4-8-18(17)31-20(22)23/h3-8,11,15,20H,2,9-10,12-14H2,1H3,(H,25,29)(H2,24,26,27). The highest BCUT2D eigenvalue weighted by molar-refractivity contribution is 5.85. The summed E-state index contributed by atoms with van der Waals surface area (Å²) in [5.74, 6) is 1.14. The largest absolute Gasteiger partial charge is 0.467 e. The third-order valence-electron chi connectivity index (χ3n) is 4.72. The monoisotopic (exact) mass is 435 g/mol. The predicted octanol–water partition coefficient (Wildman–Crippen LogP) is 2.33. The lowest BCUT2D eigenvalue weighted by Gasteiger charge is -2.22. The number of hydrogen-bond acceptors (Lipinski definition) is 5. The number of anilines is 1. The third kappa shape index (κ3) is 6.87. The number of ether oxygens (including phenoxy) is 1. The first-order valence-electron chi connectivity index (χ1n) is 10.2. The zero-order chi connectivity index (χ0) is 22.1. The smallest absolute Gasteiger partial charge is 0.387 e. The van der Waals surface area contributed by atoms with Gasteiger partial charge in [-0.05, 0) is 37.6 Å². The number of guanidine groups is 1. The van der Waals surface area contributed by atoms with Crippen molar-refractivity contribution in [1.29, 1.82) is 0 Å². The van der Waals surface area contributed by atoms with E-state index in [2.05, 4.69) is 25.7 Å². The highest BCUT2D eigenvalue weighted by Gasteiger charge is 2.26. The molecule has 1 aliphatic heterocycles. The van der Waals surface area contributed by atoms with Crippen LogP contribution in [0.3, 0.4) is 0 Å². The lowest BCUT2D eigenvalue weighted by molar-refractivity contribution is -0.119. The summed E-state index contributed by atoms with van der Waals surface area (Å²) < 4.78 is 35.2. The number of amides is 1. The van der Waals surface area contributed by atoms with Crippen molar-refractivity contribution < 1.29 is 22.7 Å². The number of para-hydroxylation sites is 2. The first kappa shape index (κ1) is 22.4. The minimum absolute atomic E-state index is 0.0302. The molecule has 1 fully saturated rings. The number of alkyl halides is 2. The summed E-state index contributed by atoms with van der Waals surface area (Å²) in [4.78, 5) is 18.4. The van der Waals surface area contributed by atoms with Crippen molar-refractivity contribution in [2.45, 2.75) is 32.5 Å². The average Bonchev–Trinajstić information content (AvgIpc) is 3.43. The molecule has 1 aromatic heterocycles. The van der Waals surface area contributed by atoms with E-state index < -0.39 is 6.61 Å². The second-order valence-corrected chi connectivity index (χ2v) is 6.97. The van der Waals surface area contributed by atoms with Gasteiger partial charge < -0.3 is 30.0 Å². The van der Waals surface area contributed by atoms with Gasteiger partial charge in [-0.25, -0.2) is 4.99 Å². The normalized spacial score (nSPS) is 16.5. The zero-order valence-electron chi connectivity index (χ0n) is 17.3. The number of carbonyl (C=O) groups is 1. The minimum atomic E-state index is -2.87. The van der Waals surface area contributed by atoms with Crippen LogP contribution in [0.5, 0.6) is 5.75 Å². The molecule has 10 heteroatoms. The Morgan fingerprint density at radius 1 is 1.29 bits per heavy atom. The van der Waals surface area contributed by atoms with Gasteiger partial charge in [-0.1, -0.05) is 12.1 Å².